The molecule has 13 heteroatoms. The quantitative estimate of drug-likeness (QED) is 0.278. The summed E-state index contributed by atoms with van der Waals surface area (Å²) in [5, 5.41) is 12.8. The van der Waals surface area contributed by atoms with Crippen LogP contribution in [0.2, 0.25) is 10.0 Å². The summed E-state index contributed by atoms with van der Waals surface area (Å²) < 4.78 is 57.4. The van der Waals surface area contributed by atoms with Crippen LogP contribution in [-0.2, 0) is 11.0 Å². The Morgan fingerprint density at radius 1 is 1.13 bits per heavy atom. The van der Waals surface area contributed by atoms with Crippen molar-refractivity contribution in [3.8, 4) is 0 Å². The standard InChI is InChI=1S/C26H29Cl2F4N3O4/c1-24(2,3)13-34(12-19(36)20-17(27)9-14(29)10-18(20)28)22(37)16-11-33-35(21(16)26(30,31)32)15-5-7-25(4,8-6-15)23(38)39/h9-11,15H,5-8,12-13H2,1-4H3,(H,38,39)/t15-,25-. The number of ketones is 1. The Kier molecular flexibility index (Phi) is 8.77. The van der Waals surface area contributed by atoms with Gasteiger partial charge < -0.3 is 10.0 Å². The van der Waals surface area contributed by atoms with Gasteiger partial charge in [0.25, 0.3) is 5.91 Å². The largest absolute Gasteiger partial charge is 0.481 e. The molecule has 1 amide bonds. The van der Waals surface area contributed by atoms with Gasteiger partial charge in [-0.15, -0.1) is 0 Å². The van der Waals surface area contributed by atoms with Crippen LogP contribution >= 0.6 is 23.2 Å². The van der Waals surface area contributed by atoms with Crippen LogP contribution in [0.5, 0.6) is 0 Å². The molecule has 7 nitrogen and oxygen atoms in total. The third-order valence-corrected chi connectivity index (χ3v) is 7.38. The predicted molar refractivity (Wildman–Crippen MR) is 137 cm³/mol. The van der Waals surface area contributed by atoms with Crippen LogP contribution in [0, 0.1) is 16.6 Å². The summed E-state index contributed by atoms with van der Waals surface area (Å²) in [6.07, 6.45) is -3.57. The number of rotatable bonds is 7. The minimum Gasteiger partial charge on any atom is -0.481 e. The minimum absolute atomic E-state index is 0.100. The first-order valence-electron chi connectivity index (χ1n) is 12.2. The lowest BCUT2D eigenvalue weighted by Gasteiger charge is -2.34. The smallest absolute Gasteiger partial charge is 0.433 e. The number of carboxylic acid groups (broad SMARTS) is 1. The van der Waals surface area contributed by atoms with Gasteiger partial charge in [0.15, 0.2) is 11.5 Å². The van der Waals surface area contributed by atoms with E-state index in [1.165, 1.54) is 0 Å². The topological polar surface area (TPSA) is 92.5 Å². The Morgan fingerprint density at radius 3 is 2.13 bits per heavy atom. The van der Waals surface area contributed by atoms with E-state index in [1.54, 1.807) is 27.7 Å². The molecule has 3 rings (SSSR count). The number of amides is 1. The summed E-state index contributed by atoms with van der Waals surface area (Å²) in [4.78, 5) is 39.2. The second-order valence-electron chi connectivity index (χ2n) is 11.3. The number of carboxylic acids is 1. The lowest BCUT2D eigenvalue weighted by atomic mass is 9.74. The van der Waals surface area contributed by atoms with Crippen molar-refractivity contribution in [3.05, 3.63) is 51.0 Å². The van der Waals surface area contributed by atoms with E-state index < -0.39 is 64.3 Å². The van der Waals surface area contributed by atoms with E-state index in [0.29, 0.717) is 0 Å². The predicted octanol–water partition coefficient (Wildman–Crippen LogP) is 6.93. The highest BCUT2D eigenvalue weighted by Crippen LogP contribution is 2.43. The van der Waals surface area contributed by atoms with E-state index in [-0.39, 0.29) is 47.8 Å². The van der Waals surface area contributed by atoms with Crippen LogP contribution in [0.3, 0.4) is 0 Å². The fourth-order valence-corrected chi connectivity index (χ4v) is 5.45. The molecule has 1 aliphatic rings. The van der Waals surface area contributed by atoms with Crippen LogP contribution in [0.15, 0.2) is 18.3 Å². The molecule has 0 spiro atoms. The zero-order valence-electron chi connectivity index (χ0n) is 21.8. The van der Waals surface area contributed by atoms with Crippen molar-refractivity contribution in [1.29, 1.82) is 0 Å². The van der Waals surface area contributed by atoms with Gasteiger partial charge in [-0.2, -0.15) is 18.3 Å². The molecule has 0 unspecified atom stereocenters. The van der Waals surface area contributed by atoms with Gasteiger partial charge in [0, 0.05) is 6.54 Å². The fourth-order valence-electron chi connectivity index (χ4n) is 4.78. The van der Waals surface area contributed by atoms with Crippen molar-refractivity contribution in [1.82, 2.24) is 14.7 Å². The molecule has 214 valence electrons. The number of carbonyl (C=O) groups is 3. The van der Waals surface area contributed by atoms with Gasteiger partial charge in [0.05, 0.1) is 45.4 Å². The first-order valence-corrected chi connectivity index (χ1v) is 12.9. The number of aliphatic carboxylic acids is 1. The van der Waals surface area contributed by atoms with Crippen molar-refractivity contribution in [2.45, 2.75) is 65.6 Å². The summed E-state index contributed by atoms with van der Waals surface area (Å²) in [5.74, 6) is -3.64. The number of halogens is 6. The number of benzene rings is 1. The molecule has 1 N–H and O–H groups in total. The molecule has 2 aromatic rings. The van der Waals surface area contributed by atoms with Crippen LogP contribution < -0.4 is 0 Å². The molecule has 0 atom stereocenters. The third-order valence-electron chi connectivity index (χ3n) is 6.79. The van der Waals surface area contributed by atoms with Crippen molar-refractivity contribution in [2.75, 3.05) is 13.1 Å². The van der Waals surface area contributed by atoms with Gasteiger partial charge >= 0.3 is 12.1 Å². The third kappa shape index (κ3) is 6.92. The molecule has 1 aliphatic carbocycles. The summed E-state index contributed by atoms with van der Waals surface area (Å²) in [5.41, 5.74) is -3.91. The average Bonchev–Trinajstić information content (AvgIpc) is 3.22. The molecule has 1 heterocycles. The number of carbonyl (C=O) groups excluding carboxylic acids is 2. The molecule has 1 saturated carbocycles. The number of nitrogens with zero attached hydrogens (tertiary/aromatic N) is 3. The van der Waals surface area contributed by atoms with Crippen molar-refractivity contribution < 1.29 is 37.1 Å². The fraction of sp³-hybridized carbons (Fsp3) is 0.538. The number of hydrogen-bond donors (Lipinski definition) is 1. The van der Waals surface area contributed by atoms with Crippen LogP contribution in [0.25, 0.3) is 0 Å². The maximum atomic E-state index is 14.3. The maximum Gasteiger partial charge on any atom is 0.433 e. The summed E-state index contributed by atoms with van der Waals surface area (Å²) in [7, 11) is 0. The van der Waals surface area contributed by atoms with Gasteiger partial charge in [0.1, 0.15) is 5.82 Å². The number of Topliss-reactive ketones (excluding diaryl/α,β-unsaturated/α-hetero) is 1. The number of alkyl halides is 3. The second-order valence-corrected chi connectivity index (χ2v) is 12.2. The molecule has 0 saturated heterocycles. The summed E-state index contributed by atoms with van der Waals surface area (Å²) in [6.45, 7) is 6.01. The van der Waals surface area contributed by atoms with Gasteiger partial charge in [0.2, 0.25) is 0 Å². The van der Waals surface area contributed by atoms with E-state index in [2.05, 4.69) is 5.10 Å². The Labute approximate surface area is 233 Å². The molecule has 39 heavy (non-hydrogen) atoms. The van der Waals surface area contributed by atoms with Crippen LogP contribution in [-0.4, -0.2) is 50.5 Å². The minimum atomic E-state index is -4.96. The molecule has 1 fully saturated rings. The normalized spacial score (nSPS) is 20.1. The van der Waals surface area contributed by atoms with Gasteiger partial charge in [-0.05, 0) is 50.2 Å². The van der Waals surface area contributed by atoms with E-state index in [9.17, 15) is 37.1 Å². The Balaban J connectivity index is 1.99. The number of aromatic nitrogens is 2. The Bertz CT molecular complexity index is 1260. The highest BCUT2D eigenvalue weighted by molar-refractivity contribution is 6.40. The van der Waals surface area contributed by atoms with E-state index in [4.69, 9.17) is 23.2 Å². The highest BCUT2D eigenvalue weighted by atomic mass is 35.5. The summed E-state index contributed by atoms with van der Waals surface area (Å²) >= 11 is 12.0. The van der Waals surface area contributed by atoms with E-state index in [0.717, 1.165) is 27.9 Å². The first-order chi connectivity index (χ1) is 17.8. The Morgan fingerprint density at radius 2 is 1.67 bits per heavy atom. The van der Waals surface area contributed by atoms with Gasteiger partial charge in [-0.3, -0.25) is 19.1 Å². The van der Waals surface area contributed by atoms with Crippen molar-refractivity contribution >= 4 is 40.9 Å². The molecule has 1 aromatic carbocycles. The average molecular weight is 594 g/mol. The molecule has 0 radical (unpaired) electrons. The van der Waals surface area contributed by atoms with Crippen LogP contribution in [0.1, 0.15) is 85.8 Å². The molecule has 0 aliphatic heterocycles. The Hall–Kier alpha value is -2.66. The SMILES string of the molecule is CC(C)(C)CN(CC(=O)c1c(Cl)cc(F)cc1Cl)C(=O)c1cnn([C@H]2CC[C@](C)(C(=O)O)CC2)c1C(F)(F)F. The molecular weight excluding hydrogens is 565 g/mol. The zero-order valence-corrected chi connectivity index (χ0v) is 23.3. The van der Waals surface area contributed by atoms with Crippen LogP contribution in [0.4, 0.5) is 17.6 Å². The second kappa shape index (κ2) is 11.1. The van der Waals surface area contributed by atoms with Gasteiger partial charge in [-0.1, -0.05) is 44.0 Å². The molecular formula is C26H29Cl2F4N3O4. The maximum absolute atomic E-state index is 14.3. The summed E-state index contributed by atoms with van der Waals surface area (Å²) in [6, 6.07) is 0.995. The van der Waals surface area contributed by atoms with E-state index >= 15 is 0 Å². The van der Waals surface area contributed by atoms with Crippen molar-refractivity contribution in [3.63, 3.8) is 0 Å². The number of hydrogen-bond acceptors (Lipinski definition) is 4. The first kappa shape index (κ1) is 30.9. The van der Waals surface area contributed by atoms with E-state index in [1.807, 2.05) is 0 Å². The highest BCUT2D eigenvalue weighted by Gasteiger charge is 2.45. The lowest BCUT2D eigenvalue weighted by molar-refractivity contribution is -0.152. The monoisotopic (exact) mass is 593 g/mol. The van der Waals surface area contributed by atoms with Crippen molar-refractivity contribution in [2.24, 2.45) is 10.8 Å². The molecule has 1 aromatic heterocycles. The lowest BCUT2D eigenvalue weighted by Crippen LogP contribution is -2.42. The van der Waals surface area contributed by atoms with Gasteiger partial charge in [-0.25, -0.2) is 4.39 Å². The zero-order chi connectivity index (χ0) is 29.5. The molecule has 0 bridgehead atoms.